The highest BCUT2D eigenvalue weighted by atomic mass is 32.2. The standard InChI is InChI=1S/C27H28N6O3S/c1-4-37(34,35)33-12-10-18(11-13-33)25-23-21-9-8-20(36-22-7-5-6-17(2)31-22)14-19(21)15-28-26-24(23)27(32(25)3)30-16-29-26/h4-9,14,16,18H,1,10-13,15H2,2-3H3,(H,28,29,30). The van der Waals surface area contributed by atoms with Gasteiger partial charge in [-0.25, -0.2) is 23.4 Å². The van der Waals surface area contributed by atoms with E-state index < -0.39 is 10.0 Å². The number of hydrogen-bond donors (Lipinski definition) is 1. The van der Waals surface area contributed by atoms with Crippen LogP contribution in [0.4, 0.5) is 5.82 Å². The zero-order valence-corrected chi connectivity index (χ0v) is 21.6. The maximum atomic E-state index is 12.3. The van der Waals surface area contributed by atoms with Crippen molar-refractivity contribution in [1.29, 1.82) is 0 Å². The van der Waals surface area contributed by atoms with Crippen molar-refractivity contribution in [1.82, 2.24) is 23.8 Å². The Kier molecular flexibility index (Phi) is 5.73. The van der Waals surface area contributed by atoms with Crippen LogP contribution < -0.4 is 10.1 Å². The smallest absolute Gasteiger partial charge is 0.235 e. The van der Waals surface area contributed by atoms with Crippen molar-refractivity contribution in [3.8, 4) is 22.8 Å². The average molecular weight is 517 g/mol. The summed E-state index contributed by atoms with van der Waals surface area (Å²) in [6.45, 7) is 6.92. The van der Waals surface area contributed by atoms with E-state index >= 15 is 0 Å². The number of aromatic nitrogens is 4. The molecule has 5 heterocycles. The number of aryl methyl sites for hydroxylation is 2. The number of fused-ring (bicyclic) bond motifs is 2. The molecule has 0 atom stereocenters. The predicted octanol–water partition coefficient (Wildman–Crippen LogP) is 4.71. The van der Waals surface area contributed by atoms with Gasteiger partial charge in [0.1, 0.15) is 23.5 Å². The Morgan fingerprint density at radius 2 is 1.97 bits per heavy atom. The molecule has 9 nitrogen and oxygen atoms in total. The lowest BCUT2D eigenvalue weighted by molar-refractivity contribution is 0.318. The Hall–Kier alpha value is -3.76. The molecule has 37 heavy (non-hydrogen) atoms. The Morgan fingerprint density at radius 1 is 1.16 bits per heavy atom. The number of sulfonamides is 1. The lowest BCUT2D eigenvalue weighted by Gasteiger charge is -2.31. The Morgan fingerprint density at radius 3 is 2.73 bits per heavy atom. The third-order valence-electron chi connectivity index (χ3n) is 7.30. The molecule has 0 bridgehead atoms. The average Bonchev–Trinajstić information content (AvgIpc) is 3.10. The van der Waals surface area contributed by atoms with Gasteiger partial charge in [0.05, 0.1) is 5.39 Å². The maximum absolute atomic E-state index is 12.3. The molecule has 0 unspecified atom stereocenters. The number of benzene rings is 1. The van der Waals surface area contributed by atoms with Crippen molar-refractivity contribution in [2.75, 3.05) is 18.4 Å². The Balaban J connectivity index is 1.43. The normalized spacial score (nSPS) is 16.2. The monoisotopic (exact) mass is 516 g/mol. The highest BCUT2D eigenvalue weighted by Gasteiger charge is 2.33. The molecule has 190 valence electrons. The second-order valence-corrected chi connectivity index (χ2v) is 11.4. The van der Waals surface area contributed by atoms with Crippen LogP contribution in [0.15, 0.2) is 54.7 Å². The first-order valence-corrected chi connectivity index (χ1v) is 13.8. The molecule has 1 aromatic carbocycles. The summed E-state index contributed by atoms with van der Waals surface area (Å²) >= 11 is 0. The quantitative estimate of drug-likeness (QED) is 0.410. The summed E-state index contributed by atoms with van der Waals surface area (Å²) in [5.41, 5.74) is 6.22. The zero-order valence-electron chi connectivity index (χ0n) is 20.8. The molecular weight excluding hydrogens is 488 g/mol. The molecule has 1 saturated heterocycles. The van der Waals surface area contributed by atoms with Gasteiger partial charge in [0, 0.05) is 61.0 Å². The lowest BCUT2D eigenvalue weighted by atomic mass is 9.88. The Labute approximate surface area is 215 Å². The summed E-state index contributed by atoms with van der Waals surface area (Å²) in [4.78, 5) is 13.6. The molecule has 2 aliphatic heterocycles. The van der Waals surface area contributed by atoms with E-state index in [1.54, 1.807) is 6.33 Å². The van der Waals surface area contributed by atoms with Gasteiger partial charge in [-0.3, -0.25) is 0 Å². The number of pyridine rings is 1. The molecule has 0 aliphatic carbocycles. The van der Waals surface area contributed by atoms with Gasteiger partial charge in [0.2, 0.25) is 15.9 Å². The van der Waals surface area contributed by atoms with Crippen LogP contribution in [0.25, 0.3) is 22.2 Å². The highest BCUT2D eigenvalue weighted by Crippen LogP contribution is 2.46. The first-order chi connectivity index (χ1) is 17.9. The van der Waals surface area contributed by atoms with E-state index in [4.69, 9.17) is 4.74 Å². The topological polar surface area (TPSA) is 102 Å². The van der Waals surface area contributed by atoms with Gasteiger partial charge in [-0.2, -0.15) is 4.31 Å². The predicted molar refractivity (Wildman–Crippen MR) is 143 cm³/mol. The summed E-state index contributed by atoms with van der Waals surface area (Å²) in [5.74, 6) is 2.25. The van der Waals surface area contributed by atoms with Crippen LogP contribution in [0.2, 0.25) is 0 Å². The number of piperidine rings is 1. The molecule has 10 heteroatoms. The van der Waals surface area contributed by atoms with Crippen molar-refractivity contribution >= 4 is 26.9 Å². The largest absolute Gasteiger partial charge is 0.439 e. The van der Waals surface area contributed by atoms with Gasteiger partial charge in [-0.15, -0.1) is 0 Å². The number of rotatable bonds is 5. The second-order valence-electron chi connectivity index (χ2n) is 9.52. The number of hydrogen-bond acceptors (Lipinski definition) is 7. The van der Waals surface area contributed by atoms with Gasteiger partial charge in [-0.1, -0.05) is 18.7 Å². The summed E-state index contributed by atoms with van der Waals surface area (Å²) in [6.07, 6.45) is 3.03. The van der Waals surface area contributed by atoms with Gasteiger partial charge in [0.15, 0.2) is 0 Å². The summed E-state index contributed by atoms with van der Waals surface area (Å²) in [6, 6.07) is 11.8. The van der Waals surface area contributed by atoms with Crippen LogP contribution in [0.3, 0.4) is 0 Å². The number of ether oxygens (including phenoxy) is 1. The fraction of sp³-hybridized carbons (Fsp3) is 0.296. The van der Waals surface area contributed by atoms with Crippen LogP contribution in [-0.2, 0) is 23.6 Å². The first kappa shape index (κ1) is 23.6. The van der Waals surface area contributed by atoms with Crippen molar-refractivity contribution in [2.24, 2.45) is 7.05 Å². The molecule has 0 radical (unpaired) electrons. The first-order valence-electron chi connectivity index (χ1n) is 12.3. The summed E-state index contributed by atoms with van der Waals surface area (Å²) < 4.78 is 34.4. The van der Waals surface area contributed by atoms with Crippen LogP contribution in [-0.4, -0.2) is 45.3 Å². The molecule has 0 spiro atoms. The highest BCUT2D eigenvalue weighted by molar-refractivity contribution is 7.92. The summed E-state index contributed by atoms with van der Waals surface area (Å²) in [5, 5.41) is 5.52. The van der Waals surface area contributed by atoms with E-state index in [-0.39, 0.29) is 5.92 Å². The molecule has 2 aliphatic rings. The zero-order chi connectivity index (χ0) is 25.7. The molecule has 0 saturated carbocycles. The minimum Gasteiger partial charge on any atom is -0.439 e. The number of nitrogens with one attached hydrogen (secondary N) is 1. The van der Waals surface area contributed by atoms with E-state index in [0.29, 0.717) is 31.3 Å². The van der Waals surface area contributed by atoms with Crippen molar-refractivity contribution < 1.29 is 13.2 Å². The molecule has 1 fully saturated rings. The van der Waals surface area contributed by atoms with Crippen molar-refractivity contribution in [2.45, 2.75) is 32.2 Å². The van der Waals surface area contributed by atoms with E-state index in [9.17, 15) is 8.42 Å². The molecule has 0 amide bonds. The van der Waals surface area contributed by atoms with E-state index in [1.165, 1.54) is 4.31 Å². The van der Waals surface area contributed by atoms with Gasteiger partial charge < -0.3 is 14.6 Å². The number of nitrogens with zero attached hydrogens (tertiary/aromatic N) is 5. The minimum absolute atomic E-state index is 0.177. The van der Waals surface area contributed by atoms with Gasteiger partial charge >= 0.3 is 0 Å². The minimum atomic E-state index is -3.42. The molecule has 6 rings (SSSR count). The van der Waals surface area contributed by atoms with Crippen LogP contribution in [0.1, 0.15) is 35.7 Å². The third-order valence-corrected chi connectivity index (χ3v) is 8.81. The molecular formula is C27H28N6O3S. The van der Waals surface area contributed by atoms with E-state index in [0.717, 1.165) is 63.2 Å². The van der Waals surface area contributed by atoms with Crippen LogP contribution in [0, 0.1) is 6.92 Å². The van der Waals surface area contributed by atoms with Gasteiger partial charge in [-0.05, 0) is 49.1 Å². The van der Waals surface area contributed by atoms with Crippen molar-refractivity contribution in [3.05, 3.63) is 71.7 Å². The van der Waals surface area contributed by atoms with Crippen LogP contribution in [0.5, 0.6) is 11.6 Å². The second kappa shape index (κ2) is 8.97. The SMILES string of the molecule is C=CS(=O)(=O)N1CCC(c2c3c4c(ncnc4n2C)NCc2cc(Oc4cccc(C)n4)ccc2-3)CC1. The van der Waals surface area contributed by atoms with Crippen molar-refractivity contribution in [3.63, 3.8) is 0 Å². The summed E-state index contributed by atoms with van der Waals surface area (Å²) in [7, 11) is -1.39. The fourth-order valence-electron chi connectivity index (χ4n) is 5.54. The van der Waals surface area contributed by atoms with Crippen LogP contribution >= 0.6 is 0 Å². The number of anilines is 1. The molecule has 3 aromatic heterocycles. The Bertz CT molecular complexity index is 1640. The molecule has 1 N–H and O–H groups in total. The van der Waals surface area contributed by atoms with E-state index in [2.05, 4.69) is 37.5 Å². The molecule has 4 aromatic rings. The van der Waals surface area contributed by atoms with E-state index in [1.807, 2.05) is 44.3 Å². The maximum Gasteiger partial charge on any atom is 0.235 e. The van der Waals surface area contributed by atoms with Gasteiger partial charge in [0.25, 0.3) is 0 Å². The lowest BCUT2D eigenvalue weighted by Crippen LogP contribution is -2.37. The fourth-order valence-corrected chi connectivity index (χ4v) is 6.47. The third kappa shape index (κ3) is 4.06.